The van der Waals surface area contributed by atoms with Crippen molar-refractivity contribution in [3.63, 3.8) is 0 Å². The highest BCUT2D eigenvalue weighted by Gasteiger charge is 2.39. The van der Waals surface area contributed by atoms with Crippen LogP contribution < -0.4 is 0 Å². The van der Waals surface area contributed by atoms with Gasteiger partial charge < -0.3 is 24.8 Å². The van der Waals surface area contributed by atoms with Gasteiger partial charge in [-0.15, -0.1) is 0 Å². The number of unbranched alkanes of at least 4 members (excludes halogenated alkanes) is 17. The number of aliphatic hydroxyl groups is 3. The van der Waals surface area contributed by atoms with E-state index < -0.39 is 18.3 Å². The molecule has 1 rings (SSSR count). The van der Waals surface area contributed by atoms with Crippen LogP contribution in [0.25, 0.3) is 0 Å². The molecule has 0 spiro atoms. The number of carbonyl (C=O) groups is 3. The number of carbonyl (C=O) groups excluding carboxylic acids is 3. The van der Waals surface area contributed by atoms with Gasteiger partial charge in [0.15, 0.2) is 0 Å². The van der Waals surface area contributed by atoms with Crippen LogP contribution in [-0.2, 0) is 23.9 Å². The van der Waals surface area contributed by atoms with Crippen molar-refractivity contribution in [3.8, 4) is 0 Å². The Morgan fingerprint density at radius 3 is 1.66 bits per heavy atom. The number of aliphatic hydroxyl groups excluding tert-OH is 3. The molecule has 0 aliphatic heterocycles. The van der Waals surface area contributed by atoms with Crippen LogP contribution in [0.3, 0.4) is 0 Å². The van der Waals surface area contributed by atoms with Crippen LogP contribution in [-0.4, -0.2) is 64.6 Å². The number of allylic oxidation sites excluding steroid dienone is 1. The Morgan fingerprint density at radius 1 is 0.700 bits per heavy atom. The summed E-state index contributed by atoms with van der Waals surface area (Å²) in [5.41, 5.74) is 0. The van der Waals surface area contributed by atoms with E-state index in [0.717, 1.165) is 70.1 Å². The van der Waals surface area contributed by atoms with Crippen molar-refractivity contribution >= 4 is 17.7 Å². The minimum absolute atomic E-state index is 0.0364. The van der Waals surface area contributed by atoms with Crippen LogP contribution >= 0.6 is 0 Å². The van der Waals surface area contributed by atoms with E-state index in [1.54, 1.807) is 12.2 Å². The van der Waals surface area contributed by atoms with Crippen molar-refractivity contribution in [3.05, 3.63) is 12.2 Å². The number of hydrogen-bond donors (Lipinski definition) is 3. The van der Waals surface area contributed by atoms with E-state index in [1.807, 2.05) is 0 Å². The summed E-state index contributed by atoms with van der Waals surface area (Å²) in [5.74, 6) is -0.312. The molecule has 0 saturated heterocycles. The molecule has 1 saturated carbocycles. The summed E-state index contributed by atoms with van der Waals surface area (Å²) < 4.78 is 10.3. The van der Waals surface area contributed by atoms with E-state index in [2.05, 4.69) is 20.8 Å². The topological polar surface area (TPSA) is 130 Å². The molecule has 0 unspecified atom stereocenters. The van der Waals surface area contributed by atoms with Crippen molar-refractivity contribution in [1.82, 2.24) is 0 Å². The van der Waals surface area contributed by atoms with Crippen LogP contribution in [0.1, 0.15) is 188 Å². The standard InChI is InChI=1S/C42H76O8/c1-4-5-19-25-35(43)29-30-38-37(39(45)31-40(38)46)26-21-17-18-23-28-42(48)50-33-36(44)32-49-41(47)27-22-16-14-12-10-8-6-7-9-11-13-15-20-24-34(2)3/h29-30,34-39,43-45H,4-28,31-33H2,1-3H3/b30-29+/t35-,36-,37+,38+,39-/m0/s1. The maximum Gasteiger partial charge on any atom is 0.305 e. The SMILES string of the molecule is CCCCC[C@H](O)/C=C/[C@H]1C(=O)C[C@H](O)[C@@H]1CCCCCCC(=O)OC[C@@H](O)COC(=O)CCCCCCCCCCCCCCCC(C)C. The quantitative estimate of drug-likeness (QED) is 0.0349. The zero-order valence-electron chi connectivity index (χ0n) is 32.3. The minimum Gasteiger partial charge on any atom is -0.463 e. The second-order valence-electron chi connectivity index (χ2n) is 15.4. The summed E-state index contributed by atoms with van der Waals surface area (Å²) in [5, 5.41) is 30.7. The van der Waals surface area contributed by atoms with E-state index in [-0.39, 0.29) is 55.6 Å². The molecule has 3 N–H and O–H groups in total. The maximum absolute atomic E-state index is 12.4. The van der Waals surface area contributed by atoms with Crippen molar-refractivity contribution in [2.24, 2.45) is 17.8 Å². The Kier molecular flexibility index (Phi) is 28.5. The highest BCUT2D eigenvalue weighted by Crippen LogP contribution is 2.34. The van der Waals surface area contributed by atoms with Crippen molar-refractivity contribution in [1.29, 1.82) is 0 Å². The van der Waals surface area contributed by atoms with Crippen molar-refractivity contribution < 1.29 is 39.2 Å². The molecule has 0 aromatic carbocycles. The summed E-state index contributed by atoms with van der Waals surface area (Å²) in [6.45, 7) is 6.35. The Morgan fingerprint density at radius 2 is 1.16 bits per heavy atom. The number of esters is 2. The first-order valence-corrected chi connectivity index (χ1v) is 20.7. The van der Waals surface area contributed by atoms with Gasteiger partial charge in [-0.05, 0) is 37.5 Å². The Balaban J connectivity index is 1.99. The van der Waals surface area contributed by atoms with E-state index in [4.69, 9.17) is 9.47 Å². The summed E-state index contributed by atoms with van der Waals surface area (Å²) in [7, 11) is 0. The van der Waals surface area contributed by atoms with Crippen LogP contribution in [0.2, 0.25) is 0 Å². The second kappa shape index (κ2) is 30.8. The Labute approximate surface area is 305 Å². The fraction of sp³-hybridized carbons (Fsp3) is 0.881. The Bertz CT molecular complexity index is 887. The first-order valence-electron chi connectivity index (χ1n) is 20.7. The lowest BCUT2D eigenvalue weighted by Crippen LogP contribution is -2.25. The van der Waals surface area contributed by atoms with E-state index in [0.29, 0.717) is 19.3 Å². The van der Waals surface area contributed by atoms with Crippen molar-refractivity contribution in [2.75, 3.05) is 13.2 Å². The van der Waals surface area contributed by atoms with E-state index in [1.165, 1.54) is 70.6 Å². The maximum atomic E-state index is 12.4. The van der Waals surface area contributed by atoms with Gasteiger partial charge in [0.25, 0.3) is 0 Å². The number of ether oxygens (including phenoxy) is 2. The molecule has 8 nitrogen and oxygen atoms in total. The largest absolute Gasteiger partial charge is 0.463 e. The van der Waals surface area contributed by atoms with Gasteiger partial charge >= 0.3 is 11.9 Å². The Hall–Kier alpha value is -1.77. The molecule has 0 radical (unpaired) electrons. The first-order chi connectivity index (χ1) is 24.1. The van der Waals surface area contributed by atoms with Gasteiger partial charge in [-0.25, -0.2) is 0 Å². The van der Waals surface area contributed by atoms with E-state index >= 15 is 0 Å². The molecule has 1 aliphatic carbocycles. The molecular formula is C42H76O8. The smallest absolute Gasteiger partial charge is 0.305 e. The highest BCUT2D eigenvalue weighted by atomic mass is 16.6. The van der Waals surface area contributed by atoms with E-state index in [9.17, 15) is 29.7 Å². The van der Waals surface area contributed by atoms with Gasteiger partial charge in [0.1, 0.15) is 25.1 Å². The third-order valence-electron chi connectivity index (χ3n) is 10.1. The highest BCUT2D eigenvalue weighted by molar-refractivity contribution is 5.86. The van der Waals surface area contributed by atoms with Crippen LogP contribution in [0.15, 0.2) is 12.2 Å². The fourth-order valence-electron chi connectivity index (χ4n) is 6.88. The zero-order valence-corrected chi connectivity index (χ0v) is 32.3. The fourth-order valence-corrected chi connectivity index (χ4v) is 6.88. The lowest BCUT2D eigenvalue weighted by molar-refractivity contribution is -0.152. The summed E-state index contributed by atoms with van der Waals surface area (Å²) in [4.78, 5) is 36.5. The third kappa shape index (κ3) is 25.2. The molecule has 0 bridgehead atoms. The summed E-state index contributed by atoms with van der Waals surface area (Å²) in [6, 6.07) is 0. The normalized spacial score (nSPS) is 19.0. The molecule has 0 amide bonds. The molecule has 0 aromatic heterocycles. The predicted molar refractivity (Wildman–Crippen MR) is 202 cm³/mol. The van der Waals surface area contributed by atoms with Gasteiger partial charge in [0.05, 0.1) is 12.2 Å². The molecule has 1 aliphatic rings. The lowest BCUT2D eigenvalue weighted by Gasteiger charge is -2.19. The first kappa shape index (κ1) is 46.3. The molecule has 292 valence electrons. The van der Waals surface area contributed by atoms with Crippen LogP contribution in [0, 0.1) is 17.8 Å². The van der Waals surface area contributed by atoms with Gasteiger partial charge in [-0.1, -0.05) is 155 Å². The lowest BCUT2D eigenvalue weighted by atomic mass is 9.88. The summed E-state index contributed by atoms with van der Waals surface area (Å²) >= 11 is 0. The van der Waals surface area contributed by atoms with Gasteiger partial charge in [0, 0.05) is 25.2 Å². The zero-order chi connectivity index (χ0) is 36.8. The number of rotatable bonds is 33. The van der Waals surface area contributed by atoms with Gasteiger partial charge in [-0.3, -0.25) is 14.4 Å². The molecular weight excluding hydrogens is 632 g/mol. The molecule has 50 heavy (non-hydrogen) atoms. The van der Waals surface area contributed by atoms with Crippen molar-refractivity contribution in [2.45, 2.75) is 206 Å². The molecule has 1 fully saturated rings. The van der Waals surface area contributed by atoms with Gasteiger partial charge in [-0.2, -0.15) is 0 Å². The van der Waals surface area contributed by atoms with Crippen LogP contribution in [0.5, 0.6) is 0 Å². The minimum atomic E-state index is -1.03. The molecule has 8 heteroatoms. The summed E-state index contributed by atoms with van der Waals surface area (Å²) in [6.07, 6.45) is 27.4. The average molecular weight is 709 g/mol. The third-order valence-corrected chi connectivity index (χ3v) is 10.1. The monoisotopic (exact) mass is 709 g/mol. The molecule has 5 atom stereocenters. The van der Waals surface area contributed by atoms with Gasteiger partial charge in [0.2, 0.25) is 0 Å². The second-order valence-corrected chi connectivity index (χ2v) is 15.4. The average Bonchev–Trinajstić information content (AvgIpc) is 3.35. The number of hydrogen-bond acceptors (Lipinski definition) is 8. The number of ketones is 1. The molecule has 0 aromatic rings. The molecule has 0 heterocycles. The predicted octanol–water partition coefficient (Wildman–Crippen LogP) is 9.35. The number of Topliss-reactive ketones (excluding diaryl/α,β-unsaturated/α-hetero) is 1. The van der Waals surface area contributed by atoms with Crippen LogP contribution in [0.4, 0.5) is 0 Å².